The number of hydrogen-bond acceptors (Lipinski definition) is 5. The van der Waals surface area contributed by atoms with Gasteiger partial charge in [-0.15, -0.1) is 11.3 Å². The van der Waals surface area contributed by atoms with Gasteiger partial charge >= 0.3 is 0 Å². The lowest BCUT2D eigenvalue weighted by molar-refractivity contribution is -0.116. The summed E-state index contributed by atoms with van der Waals surface area (Å²) in [6.45, 7) is 0. The maximum Gasteiger partial charge on any atom is 0.225 e. The minimum absolute atomic E-state index is 0.130. The maximum atomic E-state index is 13.2. The third-order valence-corrected chi connectivity index (χ3v) is 8.20. The van der Waals surface area contributed by atoms with Crippen molar-refractivity contribution in [1.29, 1.82) is 0 Å². The van der Waals surface area contributed by atoms with Gasteiger partial charge in [0.25, 0.3) is 0 Å². The minimum Gasteiger partial charge on any atom is -0.497 e. The summed E-state index contributed by atoms with van der Waals surface area (Å²) in [5.41, 5.74) is 1.36. The van der Waals surface area contributed by atoms with E-state index in [0.29, 0.717) is 11.4 Å². The molecular formula is C20H16BrNO4S2. The highest BCUT2D eigenvalue weighted by molar-refractivity contribution is 9.10. The van der Waals surface area contributed by atoms with Gasteiger partial charge in [0.1, 0.15) is 10.6 Å². The third kappa shape index (κ3) is 3.36. The van der Waals surface area contributed by atoms with Crippen molar-refractivity contribution in [3.05, 3.63) is 68.8 Å². The number of anilines is 1. The Morgan fingerprint density at radius 3 is 2.61 bits per heavy atom. The first-order valence-electron chi connectivity index (χ1n) is 8.46. The summed E-state index contributed by atoms with van der Waals surface area (Å²) in [7, 11) is -2.24. The first-order chi connectivity index (χ1) is 13.4. The minimum atomic E-state index is -3.77. The smallest absolute Gasteiger partial charge is 0.225 e. The van der Waals surface area contributed by atoms with Gasteiger partial charge in [-0.1, -0.05) is 28.1 Å². The van der Waals surface area contributed by atoms with Gasteiger partial charge in [0.05, 0.1) is 17.7 Å². The molecule has 144 valence electrons. The summed E-state index contributed by atoms with van der Waals surface area (Å²) >= 11 is 4.82. The molecule has 2 heterocycles. The lowest BCUT2D eigenvalue weighted by atomic mass is 9.91. The largest absolute Gasteiger partial charge is 0.497 e. The van der Waals surface area contributed by atoms with Crippen LogP contribution in [0.4, 0.5) is 5.69 Å². The highest BCUT2D eigenvalue weighted by Gasteiger charge is 2.34. The average Bonchev–Trinajstić information content (AvgIpc) is 3.12. The predicted octanol–water partition coefficient (Wildman–Crippen LogP) is 4.83. The number of amides is 1. The fourth-order valence-electron chi connectivity index (χ4n) is 3.28. The number of thiophene rings is 1. The molecule has 1 N–H and O–H groups in total. The number of halogens is 1. The van der Waals surface area contributed by atoms with Crippen LogP contribution in [0.3, 0.4) is 0 Å². The van der Waals surface area contributed by atoms with Crippen molar-refractivity contribution < 1.29 is 17.9 Å². The number of nitrogens with one attached hydrogen (secondary N) is 1. The van der Waals surface area contributed by atoms with Gasteiger partial charge in [-0.25, -0.2) is 8.42 Å². The van der Waals surface area contributed by atoms with E-state index in [1.54, 1.807) is 17.5 Å². The van der Waals surface area contributed by atoms with Crippen LogP contribution in [0.25, 0.3) is 0 Å². The van der Waals surface area contributed by atoms with E-state index in [9.17, 15) is 13.2 Å². The van der Waals surface area contributed by atoms with Crippen molar-refractivity contribution in [3.63, 3.8) is 0 Å². The number of fused-ring (bicyclic) bond motifs is 1. The Morgan fingerprint density at radius 1 is 1.18 bits per heavy atom. The average molecular weight is 478 g/mol. The molecule has 28 heavy (non-hydrogen) atoms. The second-order valence-electron chi connectivity index (χ2n) is 6.38. The van der Waals surface area contributed by atoms with Crippen LogP contribution in [-0.4, -0.2) is 21.4 Å². The molecule has 1 unspecified atom stereocenters. The molecule has 0 fully saturated rings. The number of ether oxygens (including phenoxy) is 1. The summed E-state index contributed by atoms with van der Waals surface area (Å²) in [5.74, 6) is 0.211. The van der Waals surface area contributed by atoms with Crippen LogP contribution in [0.5, 0.6) is 5.75 Å². The molecule has 1 aromatic heterocycles. The highest BCUT2D eigenvalue weighted by Crippen LogP contribution is 2.46. The fraction of sp³-hybridized carbons (Fsp3) is 0.150. The summed E-state index contributed by atoms with van der Waals surface area (Å²) in [6.07, 6.45) is 0.284. The molecule has 1 aliphatic rings. The molecule has 0 saturated carbocycles. The molecule has 1 atom stereocenters. The lowest BCUT2D eigenvalue weighted by Gasteiger charge is -2.24. The Morgan fingerprint density at radius 2 is 1.93 bits per heavy atom. The first kappa shape index (κ1) is 19.2. The van der Waals surface area contributed by atoms with Gasteiger partial charge in [0, 0.05) is 27.1 Å². The molecule has 1 amide bonds. The maximum absolute atomic E-state index is 13.2. The van der Waals surface area contributed by atoms with Crippen LogP contribution in [0.15, 0.2) is 68.2 Å². The molecule has 1 aliphatic heterocycles. The molecule has 0 radical (unpaired) electrons. The Balaban J connectivity index is 1.80. The monoisotopic (exact) mass is 477 g/mol. The van der Waals surface area contributed by atoms with Gasteiger partial charge in [-0.2, -0.15) is 0 Å². The van der Waals surface area contributed by atoms with Crippen LogP contribution in [0.2, 0.25) is 0 Å². The first-order valence-corrected chi connectivity index (χ1v) is 11.6. The van der Waals surface area contributed by atoms with E-state index < -0.39 is 9.84 Å². The van der Waals surface area contributed by atoms with Crippen molar-refractivity contribution in [2.75, 3.05) is 12.4 Å². The van der Waals surface area contributed by atoms with Crippen LogP contribution >= 0.6 is 27.3 Å². The zero-order valence-corrected chi connectivity index (χ0v) is 18.0. The number of carbonyl (C=O) groups is 1. The van der Waals surface area contributed by atoms with Crippen molar-refractivity contribution in [1.82, 2.24) is 0 Å². The third-order valence-electron chi connectivity index (χ3n) is 4.67. The van der Waals surface area contributed by atoms with E-state index in [2.05, 4.69) is 21.2 Å². The van der Waals surface area contributed by atoms with Gasteiger partial charge in [-0.3, -0.25) is 4.79 Å². The molecule has 0 spiro atoms. The van der Waals surface area contributed by atoms with E-state index in [-0.39, 0.29) is 28.0 Å². The number of hydrogen-bond donors (Lipinski definition) is 1. The molecular weight excluding hydrogens is 462 g/mol. The van der Waals surface area contributed by atoms with Crippen LogP contribution < -0.4 is 10.1 Å². The number of carbonyl (C=O) groups excluding carboxylic acids is 1. The summed E-state index contributed by atoms with van der Waals surface area (Å²) in [4.78, 5) is 13.5. The second-order valence-corrected chi connectivity index (χ2v) is 10.1. The van der Waals surface area contributed by atoms with E-state index in [1.165, 1.54) is 30.6 Å². The summed E-state index contributed by atoms with van der Waals surface area (Å²) in [6, 6.07) is 14.0. The highest BCUT2D eigenvalue weighted by atomic mass is 79.9. The summed E-state index contributed by atoms with van der Waals surface area (Å²) < 4.78 is 32.4. The zero-order chi connectivity index (χ0) is 19.9. The lowest BCUT2D eigenvalue weighted by Crippen LogP contribution is -2.23. The van der Waals surface area contributed by atoms with E-state index in [0.717, 1.165) is 14.9 Å². The number of sulfone groups is 1. The molecule has 0 bridgehead atoms. The van der Waals surface area contributed by atoms with Crippen molar-refractivity contribution >= 4 is 48.7 Å². The normalized spacial score (nSPS) is 16.4. The quantitative estimate of drug-likeness (QED) is 0.584. The molecule has 4 rings (SSSR count). The summed E-state index contributed by atoms with van der Waals surface area (Å²) in [5, 5.41) is 4.39. The standard InChI is InChI=1S/C20H16BrNO4S2/c1-26-14-5-7-15(8-6-14)28(24,25)17-11-27-20-16(10-18(23)22-19(17)20)12-3-2-4-13(21)9-12/h2-9,11,16H,10H2,1H3,(H,22,23). The van der Waals surface area contributed by atoms with Gasteiger partial charge < -0.3 is 10.1 Å². The van der Waals surface area contributed by atoms with Crippen LogP contribution in [-0.2, 0) is 14.6 Å². The Hall–Kier alpha value is -2.16. The SMILES string of the molecule is COc1ccc(S(=O)(=O)c2csc3c2NC(=O)CC3c2cccc(Br)c2)cc1. The van der Waals surface area contributed by atoms with E-state index >= 15 is 0 Å². The molecule has 0 aliphatic carbocycles. The second kappa shape index (κ2) is 7.35. The molecule has 5 nitrogen and oxygen atoms in total. The fourth-order valence-corrected chi connectivity index (χ4v) is 6.60. The topological polar surface area (TPSA) is 72.5 Å². The Labute approximate surface area is 175 Å². The zero-order valence-electron chi connectivity index (χ0n) is 14.8. The van der Waals surface area contributed by atoms with Crippen molar-refractivity contribution in [2.45, 2.75) is 22.1 Å². The molecule has 2 aromatic carbocycles. The Kier molecular flexibility index (Phi) is 5.03. The van der Waals surface area contributed by atoms with Gasteiger partial charge in [-0.05, 0) is 42.0 Å². The Bertz CT molecular complexity index is 1150. The van der Waals surface area contributed by atoms with Gasteiger partial charge in [0.15, 0.2) is 0 Å². The number of rotatable bonds is 4. The van der Waals surface area contributed by atoms with E-state index in [4.69, 9.17) is 4.74 Å². The predicted molar refractivity (Wildman–Crippen MR) is 112 cm³/mol. The van der Waals surface area contributed by atoms with E-state index in [1.807, 2.05) is 24.3 Å². The van der Waals surface area contributed by atoms with Crippen LogP contribution in [0.1, 0.15) is 22.8 Å². The number of methoxy groups -OCH3 is 1. The van der Waals surface area contributed by atoms with Gasteiger partial charge in [0.2, 0.25) is 15.7 Å². The number of benzene rings is 2. The molecule has 0 saturated heterocycles. The van der Waals surface area contributed by atoms with Crippen molar-refractivity contribution in [2.24, 2.45) is 0 Å². The molecule has 3 aromatic rings. The van der Waals surface area contributed by atoms with Crippen LogP contribution in [0, 0.1) is 0 Å². The molecule has 8 heteroatoms. The van der Waals surface area contributed by atoms with Crippen molar-refractivity contribution in [3.8, 4) is 5.75 Å².